The van der Waals surface area contributed by atoms with Gasteiger partial charge in [-0.1, -0.05) is 11.2 Å². The van der Waals surface area contributed by atoms with Crippen LogP contribution in [0.5, 0.6) is 11.5 Å². The number of aromatic nitrogens is 1. The number of likely N-dealkylation sites (tertiary alicyclic amines) is 1. The predicted molar refractivity (Wildman–Crippen MR) is 83.0 cm³/mol. The third-order valence-corrected chi connectivity index (χ3v) is 4.41. The average molecular weight is 302 g/mol. The van der Waals surface area contributed by atoms with Gasteiger partial charge in [0.05, 0.1) is 12.8 Å². The van der Waals surface area contributed by atoms with Crippen LogP contribution in [0.1, 0.15) is 41.5 Å². The lowest BCUT2D eigenvalue weighted by molar-refractivity contribution is 0.245. The molecule has 0 spiro atoms. The zero-order valence-electron chi connectivity index (χ0n) is 13.3. The molecule has 1 atom stereocenters. The molecule has 5 nitrogen and oxygen atoms in total. The van der Waals surface area contributed by atoms with Crippen LogP contribution >= 0.6 is 0 Å². The number of benzene rings is 1. The minimum Gasteiger partial charge on any atom is -0.504 e. The van der Waals surface area contributed by atoms with Crippen LogP contribution in [0.25, 0.3) is 0 Å². The summed E-state index contributed by atoms with van der Waals surface area (Å²) >= 11 is 0. The fourth-order valence-electron chi connectivity index (χ4n) is 3.38. The minimum atomic E-state index is 0.188. The Labute approximate surface area is 130 Å². The van der Waals surface area contributed by atoms with E-state index < -0.39 is 0 Å². The van der Waals surface area contributed by atoms with E-state index in [0.717, 1.165) is 42.9 Å². The smallest absolute Gasteiger partial charge is 0.160 e. The van der Waals surface area contributed by atoms with Crippen molar-refractivity contribution < 1.29 is 14.4 Å². The molecular weight excluding hydrogens is 280 g/mol. The number of hydrogen-bond donors (Lipinski definition) is 1. The van der Waals surface area contributed by atoms with Gasteiger partial charge in [0.2, 0.25) is 0 Å². The van der Waals surface area contributed by atoms with Crippen molar-refractivity contribution in [2.45, 2.75) is 39.3 Å². The molecule has 1 aliphatic rings. The van der Waals surface area contributed by atoms with Crippen molar-refractivity contribution in [2.75, 3.05) is 13.7 Å². The van der Waals surface area contributed by atoms with Gasteiger partial charge in [-0.25, -0.2) is 0 Å². The van der Waals surface area contributed by atoms with Gasteiger partial charge in [-0.2, -0.15) is 0 Å². The van der Waals surface area contributed by atoms with Gasteiger partial charge in [-0.3, -0.25) is 4.90 Å². The number of hydrogen-bond acceptors (Lipinski definition) is 5. The molecular formula is C17H22N2O3. The number of aromatic hydroxyl groups is 1. The van der Waals surface area contributed by atoms with E-state index in [1.807, 2.05) is 26.0 Å². The first-order chi connectivity index (χ1) is 10.6. The van der Waals surface area contributed by atoms with Gasteiger partial charge in [0, 0.05) is 18.2 Å². The molecule has 1 aromatic carbocycles. The van der Waals surface area contributed by atoms with Crippen molar-refractivity contribution in [1.82, 2.24) is 10.1 Å². The van der Waals surface area contributed by atoms with Crippen molar-refractivity contribution in [1.29, 1.82) is 0 Å². The van der Waals surface area contributed by atoms with Crippen molar-refractivity contribution in [2.24, 2.45) is 0 Å². The summed E-state index contributed by atoms with van der Waals surface area (Å²) in [5, 5.41) is 14.0. The first kappa shape index (κ1) is 14.9. The Morgan fingerprint density at radius 3 is 2.86 bits per heavy atom. The maximum Gasteiger partial charge on any atom is 0.160 e. The summed E-state index contributed by atoms with van der Waals surface area (Å²) in [5.74, 6) is 1.60. The highest BCUT2D eigenvalue weighted by molar-refractivity contribution is 5.41. The molecule has 2 aromatic rings. The Kier molecular flexibility index (Phi) is 4.07. The van der Waals surface area contributed by atoms with E-state index in [0.29, 0.717) is 11.8 Å². The van der Waals surface area contributed by atoms with E-state index in [9.17, 15) is 5.11 Å². The number of rotatable bonds is 4. The average Bonchev–Trinajstić information content (AvgIpc) is 3.06. The Morgan fingerprint density at radius 1 is 1.41 bits per heavy atom. The molecule has 118 valence electrons. The lowest BCUT2D eigenvalue weighted by Gasteiger charge is -2.24. The topological polar surface area (TPSA) is 58.7 Å². The Morgan fingerprint density at radius 2 is 2.23 bits per heavy atom. The highest BCUT2D eigenvalue weighted by Crippen LogP contribution is 2.37. The van der Waals surface area contributed by atoms with Crippen molar-refractivity contribution in [3.63, 3.8) is 0 Å². The third-order valence-electron chi connectivity index (χ3n) is 4.41. The van der Waals surface area contributed by atoms with Crippen LogP contribution in [0.3, 0.4) is 0 Å². The molecule has 0 radical (unpaired) electrons. The molecule has 2 heterocycles. The van der Waals surface area contributed by atoms with Crippen LogP contribution in [0.2, 0.25) is 0 Å². The molecule has 3 rings (SSSR count). The highest BCUT2D eigenvalue weighted by atomic mass is 16.5. The number of methoxy groups -OCH3 is 1. The summed E-state index contributed by atoms with van der Waals surface area (Å²) in [5.41, 5.74) is 3.28. The van der Waals surface area contributed by atoms with Gasteiger partial charge >= 0.3 is 0 Å². The Hall–Kier alpha value is -2.01. The molecule has 0 amide bonds. The highest BCUT2D eigenvalue weighted by Gasteiger charge is 2.30. The second-order valence-corrected chi connectivity index (χ2v) is 5.87. The van der Waals surface area contributed by atoms with Crippen molar-refractivity contribution in [3.05, 3.63) is 40.8 Å². The first-order valence-electron chi connectivity index (χ1n) is 7.63. The van der Waals surface area contributed by atoms with Gasteiger partial charge in [-0.15, -0.1) is 0 Å². The molecule has 0 unspecified atom stereocenters. The predicted octanol–water partition coefficient (Wildman–Crippen LogP) is 3.34. The molecule has 1 aliphatic heterocycles. The van der Waals surface area contributed by atoms with E-state index in [1.165, 1.54) is 5.56 Å². The van der Waals surface area contributed by atoms with Crippen LogP contribution in [0, 0.1) is 13.8 Å². The summed E-state index contributed by atoms with van der Waals surface area (Å²) < 4.78 is 10.4. The molecule has 1 saturated heterocycles. The minimum absolute atomic E-state index is 0.188. The number of phenols is 1. The van der Waals surface area contributed by atoms with Gasteiger partial charge < -0.3 is 14.4 Å². The van der Waals surface area contributed by atoms with E-state index in [2.05, 4.69) is 10.1 Å². The van der Waals surface area contributed by atoms with Gasteiger partial charge in [0.15, 0.2) is 11.5 Å². The second kappa shape index (κ2) is 6.01. The molecule has 0 bridgehead atoms. The normalized spacial score (nSPS) is 18.8. The van der Waals surface area contributed by atoms with Crippen LogP contribution in [-0.4, -0.2) is 28.8 Å². The van der Waals surface area contributed by atoms with Gasteiger partial charge in [-0.05, 0) is 50.9 Å². The number of ether oxygens (including phenoxy) is 1. The van der Waals surface area contributed by atoms with Crippen molar-refractivity contribution in [3.8, 4) is 11.5 Å². The van der Waals surface area contributed by atoms with E-state index in [1.54, 1.807) is 13.2 Å². The fraction of sp³-hybridized carbons (Fsp3) is 0.471. The molecule has 5 heteroatoms. The summed E-state index contributed by atoms with van der Waals surface area (Å²) in [6.07, 6.45) is 2.28. The monoisotopic (exact) mass is 302 g/mol. The molecule has 22 heavy (non-hydrogen) atoms. The molecule has 1 fully saturated rings. The molecule has 0 aliphatic carbocycles. The SMILES string of the molecule is COc1ccc(CN2CCC[C@@H]2c2c(C)noc2C)cc1O. The lowest BCUT2D eigenvalue weighted by Crippen LogP contribution is -2.23. The zero-order valence-corrected chi connectivity index (χ0v) is 13.3. The molecule has 0 saturated carbocycles. The number of phenolic OH excluding ortho intramolecular Hbond substituents is 1. The van der Waals surface area contributed by atoms with Gasteiger partial charge in [0.25, 0.3) is 0 Å². The van der Waals surface area contributed by atoms with Gasteiger partial charge in [0.1, 0.15) is 5.76 Å². The summed E-state index contributed by atoms with van der Waals surface area (Å²) in [7, 11) is 1.56. The molecule has 1 N–H and O–H groups in total. The second-order valence-electron chi connectivity index (χ2n) is 5.87. The molecule has 1 aromatic heterocycles. The quantitative estimate of drug-likeness (QED) is 0.938. The maximum absolute atomic E-state index is 9.93. The third kappa shape index (κ3) is 2.68. The number of nitrogens with zero attached hydrogens (tertiary/aromatic N) is 2. The fourth-order valence-corrected chi connectivity index (χ4v) is 3.38. The van der Waals surface area contributed by atoms with E-state index in [-0.39, 0.29) is 5.75 Å². The lowest BCUT2D eigenvalue weighted by atomic mass is 10.0. The largest absolute Gasteiger partial charge is 0.504 e. The van der Waals surface area contributed by atoms with E-state index in [4.69, 9.17) is 9.26 Å². The van der Waals surface area contributed by atoms with Crippen LogP contribution in [0.15, 0.2) is 22.7 Å². The summed E-state index contributed by atoms with van der Waals surface area (Å²) in [6.45, 7) is 5.82. The Balaban J connectivity index is 1.81. The first-order valence-corrected chi connectivity index (χ1v) is 7.63. The van der Waals surface area contributed by atoms with Crippen LogP contribution in [-0.2, 0) is 6.54 Å². The standard InChI is InChI=1S/C17H22N2O3/c1-11-17(12(2)22-18-11)14-5-4-8-19(14)10-13-6-7-16(21-3)15(20)9-13/h6-7,9,14,20H,4-5,8,10H2,1-3H3/t14-/m1/s1. The van der Waals surface area contributed by atoms with Crippen LogP contribution < -0.4 is 4.74 Å². The van der Waals surface area contributed by atoms with E-state index >= 15 is 0 Å². The number of aryl methyl sites for hydroxylation is 2. The zero-order chi connectivity index (χ0) is 15.7. The summed E-state index contributed by atoms with van der Waals surface area (Å²) in [6, 6.07) is 5.93. The Bertz CT molecular complexity index is 646. The maximum atomic E-state index is 9.93. The van der Waals surface area contributed by atoms with Crippen LogP contribution in [0.4, 0.5) is 0 Å². The van der Waals surface area contributed by atoms with Crippen molar-refractivity contribution >= 4 is 0 Å². The summed E-state index contributed by atoms with van der Waals surface area (Å²) in [4.78, 5) is 2.42.